The van der Waals surface area contributed by atoms with Crippen molar-refractivity contribution in [2.24, 2.45) is 0 Å². The molecule has 17 heavy (non-hydrogen) atoms. The molecule has 0 aliphatic heterocycles. The predicted octanol–water partition coefficient (Wildman–Crippen LogP) is 3.98. The van der Waals surface area contributed by atoms with Gasteiger partial charge < -0.3 is 0 Å². The highest BCUT2D eigenvalue weighted by Gasteiger charge is 2.22. The van der Waals surface area contributed by atoms with Crippen LogP contribution in [-0.2, 0) is 0 Å². The molecule has 0 aromatic heterocycles. The molecule has 0 bridgehead atoms. The van der Waals surface area contributed by atoms with E-state index < -0.39 is 5.54 Å². The highest BCUT2D eigenvalue weighted by molar-refractivity contribution is 7.99. The summed E-state index contributed by atoms with van der Waals surface area (Å²) in [4.78, 5) is 0.901. The quantitative estimate of drug-likeness (QED) is 0.833. The van der Waals surface area contributed by atoms with E-state index in [1.165, 1.54) is 11.8 Å². The molecule has 0 saturated carbocycles. The Morgan fingerprint density at radius 3 is 2.76 bits per heavy atom. The van der Waals surface area contributed by atoms with Gasteiger partial charge in [-0.25, -0.2) is 0 Å². The minimum atomic E-state index is -0.551. The van der Waals surface area contributed by atoms with Gasteiger partial charge in [-0.05, 0) is 31.7 Å². The zero-order valence-electron chi connectivity index (χ0n) is 9.76. The van der Waals surface area contributed by atoms with Gasteiger partial charge >= 0.3 is 0 Å². The van der Waals surface area contributed by atoms with Gasteiger partial charge in [0, 0.05) is 15.7 Å². The van der Waals surface area contributed by atoms with Crippen LogP contribution in [0.25, 0.3) is 0 Å². The van der Waals surface area contributed by atoms with Crippen LogP contribution in [0.15, 0.2) is 23.1 Å². The number of rotatable bonds is 5. The van der Waals surface area contributed by atoms with Crippen molar-refractivity contribution < 1.29 is 0 Å². The summed E-state index contributed by atoms with van der Waals surface area (Å²) in [7, 11) is 0. The zero-order chi connectivity index (χ0) is 12.9. The normalized spacial score (nSPS) is 14.1. The van der Waals surface area contributed by atoms with Gasteiger partial charge in [-0.15, -0.1) is 11.8 Å². The molecule has 0 aliphatic rings. The first-order valence-electron chi connectivity index (χ1n) is 5.25. The number of nitrogens with zero attached hydrogens (tertiary/aromatic N) is 1. The molecule has 1 aromatic carbocycles. The first-order valence-corrected chi connectivity index (χ1v) is 6.99. The largest absolute Gasteiger partial charge is 0.299 e. The molecule has 5 heteroatoms. The van der Waals surface area contributed by atoms with Crippen LogP contribution >= 0.6 is 35.0 Å². The van der Waals surface area contributed by atoms with Gasteiger partial charge in [0.2, 0.25) is 0 Å². The van der Waals surface area contributed by atoms with Crippen LogP contribution in [0, 0.1) is 11.3 Å². The van der Waals surface area contributed by atoms with Crippen LogP contribution in [0.1, 0.15) is 13.8 Å². The Kier molecular flexibility index (Phi) is 5.61. The highest BCUT2D eigenvalue weighted by atomic mass is 35.5. The van der Waals surface area contributed by atoms with E-state index in [1.54, 1.807) is 12.1 Å². The maximum Gasteiger partial charge on any atom is 0.113 e. The maximum absolute atomic E-state index is 9.13. The number of hydrogen-bond acceptors (Lipinski definition) is 3. The fraction of sp³-hybridized carbons (Fsp3) is 0.417. The van der Waals surface area contributed by atoms with Crippen molar-refractivity contribution in [2.75, 3.05) is 12.3 Å². The Balaban J connectivity index is 2.73. The van der Waals surface area contributed by atoms with Crippen molar-refractivity contribution in [3.63, 3.8) is 0 Å². The summed E-state index contributed by atoms with van der Waals surface area (Å²) in [5.41, 5.74) is -0.551. The van der Waals surface area contributed by atoms with E-state index in [2.05, 4.69) is 11.4 Å². The van der Waals surface area contributed by atoms with Crippen LogP contribution in [0.3, 0.4) is 0 Å². The van der Waals surface area contributed by atoms with Crippen molar-refractivity contribution in [1.82, 2.24) is 5.32 Å². The summed E-state index contributed by atoms with van der Waals surface area (Å²) in [5, 5.41) is 13.6. The van der Waals surface area contributed by atoms with Crippen LogP contribution in [-0.4, -0.2) is 17.8 Å². The van der Waals surface area contributed by atoms with Gasteiger partial charge in [-0.3, -0.25) is 5.32 Å². The molecule has 1 atom stereocenters. The van der Waals surface area contributed by atoms with Crippen molar-refractivity contribution >= 4 is 35.0 Å². The lowest BCUT2D eigenvalue weighted by atomic mass is 10.1. The van der Waals surface area contributed by atoms with Crippen LogP contribution in [0.2, 0.25) is 10.0 Å². The molecule has 0 radical (unpaired) electrons. The third-order valence-corrected chi connectivity index (χ3v) is 4.27. The number of thioether (sulfide) groups is 1. The second-order valence-corrected chi connectivity index (χ2v) is 5.70. The second kappa shape index (κ2) is 6.51. The van der Waals surface area contributed by atoms with E-state index in [0.717, 1.165) is 11.4 Å². The molecule has 1 rings (SSSR count). The van der Waals surface area contributed by atoms with E-state index in [0.29, 0.717) is 15.8 Å². The summed E-state index contributed by atoms with van der Waals surface area (Å²) in [6, 6.07) is 7.61. The molecule has 0 amide bonds. The lowest BCUT2D eigenvalue weighted by Gasteiger charge is -2.22. The van der Waals surface area contributed by atoms with Gasteiger partial charge in [-0.1, -0.05) is 30.1 Å². The summed E-state index contributed by atoms with van der Waals surface area (Å²) >= 11 is 13.5. The standard InChI is InChI=1S/C12H14Cl2N2S/c1-3-16-12(2,7-15)8-17-11-6-9(13)4-5-10(11)14/h4-6,16H,3,8H2,1-2H3. The minimum Gasteiger partial charge on any atom is -0.299 e. The fourth-order valence-electron chi connectivity index (χ4n) is 1.32. The van der Waals surface area contributed by atoms with Crippen molar-refractivity contribution in [3.8, 4) is 6.07 Å². The monoisotopic (exact) mass is 288 g/mol. The van der Waals surface area contributed by atoms with Crippen molar-refractivity contribution in [1.29, 1.82) is 5.26 Å². The predicted molar refractivity (Wildman–Crippen MR) is 74.9 cm³/mol. The number of nitrogens with one attached hydrogen (secondary N) is 1. The smallest absolute Gasteiger partial charge is 0.113 e. The molecule has 2 nitrogen and oxygen atoms in total. The first kappa shape index (κ1) is 14.7. The van der Waals surface area contributed by atoms with Gasteiger partial charge in [0.15, 0.2) is 0 Å². The number of halogens is 2. The summed E-state index contributed by atoms with van der Waals surface area (Å²) in [6.07, 6.45) is 0. The number of benzene rings is 1. The van der Waals surface area contributed by atoms with Gasteiger partial charge in [0.1, 0.15) is 5.54 Å². The second-order valence-electron chi connectivity index (χ2n) is 3.84. The van der Waals surface area contributed by atoms with Crippen LogP contribution < -0.4 is 5.32 Å². The summed E-state index contributed by atoms with van der Waals surface area (Å²) < 4.78 is 0. The molecule has 0 saturated heterocycles. The van der Waals surface area contributed by atoms with E-state index in [4.69, 9.17) is 28.5 Å². The third-order valence-electron chi connectivity index (χ3n) is 2.22. The fourth-order valence-corrected chi connectivity index (χ4v) is 2.87. The molecule has 0 heterocycles. The highest BCUT2D eigenvalue weighted by Crippen LogP contribution is 2.31. The molecule has 1 N–H and O–H groups in total. The Morgan fingerprint density at radius 1 is 1.47 bits per heavy atom. The number of hydrogen-bond donors (Lipinski definition) is 1. The Morgan fingerprint density at radius 2 is 2.18 bits per heavy atom. The minimum absolute atomic E-state index is 0.551. The van der Waals surface area contributed by atoms with Crippen molar-refractivity contribution in [3.05, 3.63) is 28.2 Å². The lowest BCUT2D eigenvalue weighted by molar-refractivity contribution is 0.511. The number of nitriles is 1. The Hall–Kier alpha value is -0.400. The van der Waals surface area contributed by atoms with E-state index in [1.807, 2.05) is 19.9 Å². The maximum atomic E-state index is 9.13. The van der Waals surface area contributed by atoms with Gasteiger partial charge in [-0.2, -0.15) is 5.26 Å². The molecule has 1 aromatic rings. The van der Waals surface area contributed by atoms with Crippen LogP contribution in [0.5, 0.6) is 0 Å². The molecule has 0 fully saturated rings. The molecule has 0 aliphatic carbocycles. The zero-order valence-corrected chi connectivity index (χ0v) is 12.1. The summed E-state index contributed by atoms with van der Waals surface area (Å²) in [6.45, 7) is 4.61. The summed E-state index contributed by atoms with van der Waals surface area (Å²) in [5.74, 6) is 0.622. The van der Waals surface area contributed by atoms with E-state index >= 15 is 0 Å². The Bertz CT molecular complexity index is 431. The van der Waals surface area contributed by atoms with E-state index in [-0.39, 0.29) is 0 Å². The average Bonchev–Trinajstić information content (AvgIpc) is 2.31. The van der Waals surface area contributed by atoms with Crippen LogP contribution in [0.4, 0.5) is 0 Å². The van der Waals surface area contributed by atoms with Gasteiger partial charge in [0.25, 0.3) is 0 Å². The lowest BCUT2D eigenvalue weighted by Crippen LogP contribution is -2.43. The van der Waals surface area contributed by atoms with Crippen molar-refractivity contribution in [2.45, 2.75) is 24.3 Å². The average molecular weight is 289 g/mol. The molecular weight excluding hydrogens is 275 g/mol. The van der Waals surface area contributed by atoms with Gasteiger partial charge in [0.05, 0.1) is 11.1 Å². The molecule has 1 unspecified atom stereocenters. The molecule has 0 spiro atoms. The first-order chi connectivity index (χ1) is 8.00. The third kappa shape index (κ3) is 4.40. The SMILES string of the molecule is CCNC(C)(C#N)CSc1cc(Cl)ccc1Cl. The topological polar surface area (TPSA) is 35.8 Å². The van der Waals surface area contributed by atoms with E-state index in [9.17, 15) is 0 Å². The molecule has 92 valence electrons. The molecular formula is C12H14Cl2N2S. The Labute approximate surface area is 116 Å².